The van der Waals surface area contributed by atoms with Crippen molar-refractivity contribution in [2.75, 3.05) is 69.2 Å². The first kappa shape index (κ1) is 61.1. The number of aliphatic hydroxyl groups excluding tert-OH is 2. The summed E-state index contributed by atoms with van der Waals surface area (Å²) in [6.07, 6.45) is 3.10. The highest BCUT2D eigenvalue weighted by atomic mass is 16.6. The third-order valence-corrected chi connectivity index (χ3v) is 12.6. The van der Waals surface area contributed by atoms with Crippen LogP contribution in [-0.2, 0) is 30.4 Å². The minimum absolute atomic E-state index is 0.00646. The fourth-order valence-electron chi connectivity index (χ4n) is 8.57. The summed E-state index contributed by atoms with van der Waals surface area (Å²) in [5.74, 6) is -2.20. The number of methoxy groups -OCH3 is 1. The van der Waals surface area contributed by atoms with E-state index < -0.39 is 59.7 Å². The fraction of sp³-hybridized carbons (Fsp3) is 0.509. The molecule has 5 rings (SSSR count). The molecule has 8 N–H and O–H groups in total. The Hall–Kier alpha value is -7.79. The van der Waals surface area contributed by atoms with E-state index in [1.54, 1.807) is 63.8 Å². The van der Waals surface area contributed by atoms with Crippen LogP contribution in [0, 0.1) is 5.92 Å². The van der Waals surface area contributed by atoms with Crippen LogP contribution in [0.5, 0.6) is 23.0 Å². The highest BCUT2D eigenvalue weighted by molar-refractivity contribution is 6.05. The summed E-state index contributed by atoms with van der Waals surface area (Å²) in [5.41, 5.74) is 0.346. The van der Waals surface area contributed by atoms with Gasteiger partial charge in [0.2, 0.25) is 11.8 Å². The molecule has 2 heterocycles. The van der Waals surface area contributed by atoms with Gasteiger partial charge in [-0.2, -0.15) is 0 Å². The monoisotopic (exact) mass is 1090 g/mol. The number of phenolic OH excluding ortho intramolecular Hbond substituents is 1. The van der Waals surface area contributed by atoms with Crippen LogP contribution in [0.1, 0.15) is 113 Å². The Balaban J connectivity index is 1.18. The number of alkyl carbamates (subject to hydrolysis) is 1. The van der Waals surface area contributed by atoms with Crippen LogP contribution in [0.25, 0.3) is 0 Å². The zero-order valence-electron chi connectivity index (χ0n) is 45.4. The highest BCUT2D eigenvalue weighted by Gasteiger charge is 2.34. The number of anilines is 3. The number of carbonyl (C=O) groups is 7. The van der Waals surface area contributed by atoms with Crippen molar-refractivity contribution >= 4 is 59.0 Å². The van der Waals surface area contributed by atoms with Gasteiger partial charge >= 0.3 is 18.3 Å². The number of aliphatic hydroxyl groups is 2. The number of ether oxygens (including phenoxy) is 6. The van der Waals surface area contributed by atoms with E-state index in [2.05, 4.69) is 33.2 Å². The number of carbonyl (C=O) groups excluding carboxylic acids is 7. The van der Waals surface area contributed by atoms with Crippen LogP contribution in [0.4, 0.5) is 31.4 Å². The smallest absolute Gasteiger partial charge is 0.412 e. The van der Waals surface area contributed by atoms with Crippen molar-refractivity contribution in [1.82, 2.24) is 20.4 Å². The normalized spacial score (nSPS) is 15.8. The standard InChI is InChI=1S/C55H75N7O16/c1-9-23-76-53(71)60-47(33(2)3)49(67)56-34(4)48(66)57-36-19-17-35(18-20-36)32-77-52(70)58-41-28-44(43(65)26-39(41)50(68)61-21-13-15-37(61)30-63)74-24-11-10-12-25-75-46-29-42(59-54(72)78-55(5,6)7)40(27-45(46)73-8)51(69)62-22-14-16-38(62)31-64/h9,17-20,26-29,33-34,37-38,47,63-65H,1,10-16,21-25,30-32H2,2-8H3,(H,56,67)(H,57,66)(H,58,70)(H,59,72)(H,60,71)/t34-,37-,38-,47-/m0/s1. The van der Waals surface area contributed by atoms with E-state index in [1.165, 1.54) is 49.3 Å². The van der Waals surface area contributed by atoms with Crippen molar-refractivity contribution in [3.8, 4) is 23.0 Å². The average Bonchev–Trinajstić information content (AvgIpc) is 4.10. The Morgan fingerprint density at radius 1 is 0.705 bits per heavy atom. The minimum atomic E-state index is -0.983. The maximum Gasteiger partial charge on any atom is 0.412 e. The molecule has 0 unspecified atom stereocenters. The van der Waals surface area contributed by atoms with Gasteiger partial charge in [0.1, 0.15) is 30.9 Å². The molecule has 2 aliphatic heterocycles. The lowest BCUT2D eigenvalue weighted by Gasteiger charge is -2.25. The quantitative estimate of drug-likeness (QED) is 0.0189. The van der Waals surface area contributed by atoms with Crippen molar-refractivity contribution in [2.45, 2.75) is 123 Å². The molecular weight excluding hydrogens is 1010 g/mol. The van der Waals surface area contributed by atoms with Crippen molar-refractivity contribution in [2.24, 2.45) is 5.92 Å². The number of amides is 7. The summed E-state index contributed by atoms with van der Waals surface area (Å²) in [6.45, 7) is 14.0. The molecule has 3 aromatic carbocycles. The minimum Gasteiger partial charge on any atom is -0.504 e. The van der Waals surface area contributed by atoms with Crippen molar-refractivity contribution in [3.63, 3.8) is 0 Å². The Morgan fingerprint density at radius 3 is 1.82 bits per heavy atom. The molecule has 2 aliphatic rings. The zero-order valence-corrected chi connectivity index (χ0v) is 45.4. The van der Waals surface area contributed by atoms with Crippen LogP contribution >= 0.6 is 0 Å². The van der Waals surface area contributed by atoms with Gasteiger partial charge in [0, 0.05) is 30.9 Å². The van der Waals surface area contributed by atoms with Gasteiger partial charge in [0.05, 0.1) is 68.1 Å². The second-order valence-corrected chi connectivity index (χ2v) is 20.1. The molecule has 0 aliphatic carbocycles. The van der Waals surface area contributed by atoms with Crippen molar-refractivity contribution in [3.05, 3.63) is 77.9 Å². The van der Waals surface area contributed by atoms with Gasteiger partial charge < -0.3 is 69.5 Å². The van der Waals surface area contributed by atoms with Crippen LogP contribution in [0.15, 0.2) is 61.2 Å². The number of rotatable bonds is 25. The lowest BCUT2D eigenvalue weighted by atomic mass is 10.0. The molecule has 0 bridgehead atoms. The summed E-state index contributed by atoms with van der Waals surface area (Å²) >= 11 is 0. The van der Waals surface area contributed by atoms with E-state index in [1.807, 2.05) is 0 Å². The van der Waals surface area contributed by atoms with E-state index in [0.29, 0.717) is 62.9 Å². The van der Waals surface area contributed by atoms with Gasteiger partial charge in [0.25, 0.3) is 11.8 Å². The lowest BCUT2D eigenvalue weighted by molar-refractivity contribution is -0.128. The molecule has 426 valence electrons. The van der Waals surface area contributed by atoms with Gasteiger partial charge in [-0.1, -0.05) is 38.6 Å². The molecule has 0 spiro atoms. The van der Waals surface area contributed by atoms with E-state index >= 15 is 0 Å². The van der Waals surface area contributed by atoms with Crippen molar-refractivity contribution in [1.29, 1.82) is 0 Å². The highest BCUT2D eigenvalue weighted by Crippen LogP contribution is 2.37. The molecule has 2 saturated heterocycles. The molecule has 2 fully saturated rings. The summed E-state index contributed by atoms with van der Waals surface area (Å²) in [5, 5.41) is 44.0. The third-order valence-electron chi connectivity index (χ3n) is 12.6. The molecular formula is C55H75N7O16. The molecule has 3 aromatic rings. The second kappa shape index (κ2) is 29.1. The first-order valence-corrected chi connectivity index (χ1v) is 26.0. The lowest BCUT2D eigenvalue weighted by Crippen LogP contribution is -2.53. The summed E-state index contributed by atoms with van der Waals surface area (Å²) < 4.78 is 33.5. The predicted octanol–water partition coefficient (Wildman–Crippen LogP) is 6.70. The molecule has 78 heavy (non-hydrogen) atoms. The van der Waals surface area contributed by atoms with Crippen LogP contribution in [-0.4, -0.2) is 150 Å². The number of hydrogen-bond acceptors (Lipinski definition) is 16. The van der Waals surface area contributed by atoms with Gasteiger partial charge in [-0.3, -0.25) is 29.8 Å². The molecule has 0 radical (unpaired) electrons. The predicted molar refractivity (Wildman–Crippen MR) is 288 cm³/mol. The Morgan fingerprint density at radius 2 is 1.27 bits per heavy atom. The van der Waals surface area contributed by atoms with E-state index in [9.17, 15) is 48.9 Å². The molecule has 0 saturated carbocycles. The zero-order chi connectivity index (χ0) is 57.1. The van der Waals surface area contributed by atoms with E-state index in [4.69, 9.17) is 28.4 Å². The number of benzene rings is 3. The molecule has 23 nitrogen and oxygen atoms in total. The summed E-state index contributed by atoms with van der Waals surface area (Å²) in [4.78, 5) is 94.9. The second-order valence-electron chi connectivity index (χ2n) is 20.1. The Labute approximate surface area is 454 Å². The van der Waals surface area contributed by atoms with Crippen LogP contribution in [0.3, 0.4) is 0 Å². The maximum absolute atomic E-state index is 13.9. The molecule has 23 heteroatoms. The number of hydrogen-bond donors (Lipinski definition) is 8. The molecule has 4 atom stereocenters. The van der Waals surface area contributed by atoms with E-state index in [-0.39, 0.29) is 103 Å². The number of aromatic hydroxyl groups is 1. The first-order chi connectivity index (χ1) is 37.2. The number of nitrogens with one attached hydrogen (secondary N) is 5. The fourth-order valence-corrected chi connectivity index (χ4v) is 8.57. The van der Waals surface area contributed by atoms with Gasteiger partial charge in [-0.15, -0.1) is 0 Å². The number of phenols is 1. The van der Waals surface area contributed by atoms with E-state index in [0.717, 1.165) is 6.42 Å². The first-order valence-electron chi connectivity index (χ1n) is 26.0. The SMILES string of the molecule is C=CCOC(=O)N[C@H](C(=O)N[C@@H](C)C(=O)Nc1ccc(COC(=O)Nc2cc(OCCCCCOc3cc(NC(=O)OC(C)(C)C)c(C(=O)N4CCC[C@H]4CO)cc3OC)c(O)cc2C(=O)N2CCC[C@H]2CO)cc1)C(C)C. The topological polar surface area (TPSA) is 302 Å². The molecule has 0 aromatic heterocycles. The third kappa shape index (κ3) is 17.6. The van der Waals surface area contributed by atoms with Gasteiger partial charge in [-0.05, 0) is 108 Å². The van der Waals surface area contributed by atoms with Crippen molar-refractivity contribution < 1.29 is 77.3 Å². The number of likely N-dealkylation sites (tertiary alicyclic amines) is 2. The Kier molecular flexibility index (Phi) is 22.8. The summed E-state index contributed by atoms with van der Waals surface area (Å²) in [6, 6.07) is 9.13. The van der Waals surface area contributed by atoms with Gasteiger partial charge in [0.15, 0.2) is 23.0 Å². The number of nitrogens with zero attached hydrogens (tertiary/aromatic N) is 2. The van der Waals surface area contributed by atoms with Crippen LogP contribution < -0.4 is 40.8 Å². The number of unbranched alkanes of at least 4 members (excludes halogenated alkanes) is 2. The largest absolute Gasteiger partial charge is 0.504 e. The average molecular weight is 1090 g/mol. The molecule has 7 amide bonds. The van der Waals surface area contributed by atoms with Gasteiger partial charge in [-0.25, -0.2) is 14.4 Å². The van der Waals surface area contributed by atoms with Crippen LogP contribution in [0.2, 0.25) is 0 Å². The Bertz CT molecular complexity index is 2590. The maximum atomic E-state index is 13.9. The summed E-state index contributed by atoms with van der Waals surface area (Å²) in [7, 11) is 1.43.